The van der Waals surface area contributed by atoms with Gasteiger partial charge in [0.25, 0.3) is 0 Å². The Hall–Kier alpha value is -1.29. The van der Waals surface area contributed by atoms with Crippen molar-refractivity contribution in [2.75, 3.05) is 6.54 Å². The third-order valence-electron chi connectivity index (χ3n) is 1.79. The van der Waals surface area contributed by atoms with Crippen LogP contribution in [-0.4, -0.2) is 22.3 Å². The van der Waals surface area contributed by atoms with Crippen LogP contribution in [0.1, 0.15) is 23.8 Å². The van der Waals surface area contributed by atoms with Crippen LogP contribution in [-0.2, 0) is 0 Å². The summed E-state index contributed by atoms with van der Waals surface area (Å²) in [4.78, 5) is 19.2. The van der Waals surface area contributed by atoms with E-state index in [0.717, 1.165) is 0 Å². The van der Waals surface area contributed by atoms with E-state index in [4.69, 9.17) is 5.73 Å². The summed E-state index contributed by atoms with van der Waals surface area (Å²) < 4.78 is 0. The molecule has 2 N–H and O–H groups in total. The lowest BCUT2D eigenvalue weighted by molar-refractivity contribution is 0.0960. The number of rotatable bonds is 4. The minimum Gasteiger partial charge on any atom is -0.330 e. The molecule has 13 heavy (non-hydrogen) atoms. The molecule has 0 bridgehead atoms. The summed E-state index contributed by atoms with van der Waals surface area (Å²) in [5.74, 6) is 0.209. The largest absolute Gasteiger partial charge is 0.330 e. The number of carbonyl (C=O) groups excluding carboxylic acids is 1. The van der Waals surface area contributed by atoms with Gasteiger partial charge in [0.05, 0.1) is 6.20 Å². The lowest BCUT2D eigenvalue weighted by atomic mass is 10.0. The van der Waals surface area contributed by atoms with Crippen molar-refractivity contribution < 1.29 is 4.79 Å². The molecule has 1 aromatic heterocycles. The number of hydrogen-bond acceptors (Lipinski definition) is 4. The van der Waals surface area contributed by atoms with Crippen LogP contribution in [0.5, 0.6) is 0 Å². The molecule has 1 aromatic rings. The molecule has 0 amide bonds. The highest BCUT2D eigenvalue weighted by molar-refractivity contribution is 5.93. The molecule has 0 aliphatic rings. The summed E-state index contributed by atoms with van der Waals surface area (Å²) >= 11 is 0. The van der Waals surface area contributed by atoms with Crippen molar-refractivity contribution in [3.63, 3.8) is 0 Å². The summed E-state index contributed by atoms with van der Waals surface area (Å²) in [6, 6.07) is 0. The molecule has 0 spiro atoms. The van der Waals surface area contributed by atoms with Gasteiger partial charge in [0.15, 0.2) is 5.78 Å². The van der Waals surface area contributed by atoms with Crippen LogP contribution in [0.2, 0.25) is 0 Å². The van der Waals surface area contributed by atoms with E-state index in [1.807, 2.05) is 6.92 Å². The first-order valence-electron chi connectivity index (χ1n) is 4.23. The molecule has 4 heteroatoms. The van der Waals surface area contributed by atoms with Gasteiger partial charge in [-0.1, -0.05) is 6.92 Å². The molecule has 0 saturated heterocycles. The van der Waals surface area contributed by atoms with Crippen LogP contribution in [0.4, 0.5) is 0 Å². The zero-order valence-corrected chi connectivity index (χ0v) is 7.60. The number of carbonyl (C=O) groups is 1. The summed E-state index contributed by atoms with van der Waals surface area (Å²) in [7, 11) is 0. The quantitative estimate of drug-likeness (QED) is 0.689. The van der Waals surface area contributed by atoms with E-state index in [9.17, 15) is 4.79 Å². The summed E-state index contributed by atoms with van der Waals surface area (Å²) in [6.45, 7) is 2.46. The van der Waals surface area contributed by atoms with Crippen LogP contribution >= 0.6 is 0 Å². The molecule has 1 heterocycles. The van der Waals surface area contributed by atoms with Gasteiger partial charge in [-0.05, 0) is 12.5 Å². The molecular weight excluding hydrogens is 166 g/mol. The zero-order chi connectivity index (χ0) is 9.68. The van der Waals surface area contributed by atoms with Gasteiger partial charge >= 0.3 is 0 Å². The standard InChI is InChI=1S/C9H13N3O/c1-7(5-10)4-9(13)8-6-11-2-3-12-8/h2-3,6-7H,4-5,10H2,1H3. The fraction of sp³-hybridized carbons (Fsp3) is 0.444. The zero-order valence-electron chi connectivity index (χ0n) is 7.60. The smallest absolute Gasteiger partial charge is 0.183 e. The average molecular weight is 179 g/mol. The van der Waals surface area contributed by atoms with E-state index in [0.29, 0.717) is 18.7 Å². The highest BCUT2D eigenvalue weighted by Gasteiger charge is 2.10. The van der Waals surface area contributed by atoms with E-state index in [1.54, 1.807) is 6.20 Å². The van der Waals surface area contributed by atoms with E-state index in [2.05, 4.69) is 9.97 Å². The number of nitrogens with zero attached hydrogens (tertiary/aromatic N) is 2. The molecule has 0 aromatic carbocycles. The molecule has 0 saturated carbocycles. The first-order valence-corrected chi connectivity index (χ1v) is 4.23. The molecule has 1 rings (SSSR count). The fourth-order valence-electron chi connectivity index (χ4n) is 0.947. The second-order valence-corrected chi connectivity index (χ2v) is 3.06. The van der Waals surface area contributed by atoms with Crippen molar-refractivity contribution in [1.29, 1.82) is 0 Å². The fourth-order valence-corrected chi connectivity index (χ4v) is 0.947. The van der Waals surface area contributed by atoms with Crippen molar-refractivity contribution >= 4 is 5.78 Å². The van der Waals surface area contributed by atoms with Gasteiger partial charge < -0.3 is 5.73 Å². The highest BCUT2D eigenvalue weighted by atomic mass is 16.1. The third-order valence-corrected chi connectivity index (χ3v) is 1.79. The summed E-state index contributed by atoms with van der Waals surface area (Å²) in [5.41, 5.74) is 5.83. The number of nitrogens with two attached hydrogens (primary N) is 1. The molecular formula is C9H13N3O. The van der Waals surface area contributed by atoms with Crippen molar-refractivity contribution in [2.45, 2.75) is 13.3 Å². The van der Waals surface area contributed by atoms with E-state index >= 15 is 0 Å². The third kappa shape index (κ3) is 2.91. The normalized spacial score (nSPS) is 12.5. The Morgan fingerprint density at radius 1 is 1.62 bits per heavy atom. The predicted molar refractivity (Wildman–Crippen MR) is 49.2 cm³/mol. The Morgan fingerprint density at radius 3 is 2.92 bits per heavy atom. The molecule has 1 unspecified atom stereocenters. The first kappa shape index (κ1) is 9.80. The number of ketones is 1. The van der Waals surface area contributed by atoms with Crippen LogP contribution in [0.15, 0.2) is 18.6 Å². The van der Waals surface area contributed by atoms with Crippen LogP contribution in [0.25, 0.3) is 0 Å². The molecule has 0 aliphatic carbocycles. The average Bonchev–Trinajstić information content (AvgIpc) is 2.19. The lowest BCUT2D eigenvalue weighted by Gasteiger charge is -2.05. The second-order valence-electron chi connectivity index (χ2n) is 3.06. The summed E-state index contributed by atoms with van der Waals surface area (Å²) in [6.07, 6.45) is 4.98. The predicted octanol–water partition coefficient (Wildman–Crippen LogP) is 0.644. The molecule has 1 atom stereocenters. The van der Waals surface area contributed by atoms with Crippen LogP contribution in [0, 0.1) is 5.92 Å². The lowest BCUT2D eigenvalue weighted by Crippen LogP contribution is -2.15. The Bertz CT molecular complexity index is 273. The van der Waals surface area contributed by atoms with Crippen LogP contribution in [0.3, 0.4) is 0 Å². The number of Topliss-reactive ketones (excluding diaryl/α,β-unsaturated/α-hetero) is 1. The molecule has 4 nitrogen and oxygen atoms in total. The molecule has 70 valence electrons. The van der Waals surface area contributed by atoms with Gasteiger partial charge in [-0.2, -0.15) is 0 Å². The van der Waals surface area contributed by atoms with E-state index in [-0.39, 0.29) is 11.7 Å². The Balaban J connectivity index is 2.59. The minimum atomic E-state index is 0.00560. The van der Waals surface area contributed by atoms with Crippen molar-refractivity contribution in [2.24, 2.45) is 11.7 Å². The number of hydrogen-bond donors (Lipinski definition) is 1. The number of aromatic nitrogens is 2. The Kier molecular flexibility index (Phi) is 3.52. The van der Waals surface area contributed by atoms with Gasteiger partial charge in [-0.15, -0.1) is 0 Å². The Morgan fingerprint density at radius 2 is 2.38 bits per heavy atom. The maximum absolute atomic E-state index is 11.5. The van der Waals surface area contributed by atoms with Crippen molar-refractivity contribution in [3.05, 3.63) is 24.3 Å². The summed E-state index contributed by atoms with van der Waals surface area (Å²) in [5, 5.41) is 0. The topological polar surface area (TPSA) is 68.9 Å². The van der Waals surface area contributed by atoms with Crippen molar-refractivity contribution in [1.82, 2.24) is 9.97 Å². The van der Waals surface area contributed by atoms with E-state index < -0.39 is 0 Å². The molecule has 0 radical (unpaired) electrons. The SMILES string of the molecule is CC(CN)CC(=O)c1cnccn1. The van der Waals surface area contributed by atoms with Gasteiger partial charge in [0.2, 0.25) is 0 Å². The highest BCUT2D eigenvalue weighted by Crippen LogP contribution is 2.05. The van der Waals surface area contributed by atoms with E-state index in [1.165, 1.54) is 12.4 Å². The minimum absolute atomic E-state index is 0.00560. The van der Waals surface area contributed by atoms with Crippen molar-refractivity contribution in [3.8, 4) is 0 Å². The maximum Gasteiger partial charge on any atom is 0.183 e. The van der Waals surface area contributed by atoms with Gasteiger partial charge in [0.1, 0.15) is 5.69 Å². The van der Waals surface area contributed by atoms with Gasteiger partial charge in [-0.25, -0.2) is 4.98 Å². The van der Waals surface area contributed by atoms with Gasteiger partial charge in [-0.3, -0.25) is 9.78 Å². The monoisotopic (exact) mass is 179 g/mol. The second kappa shape index (κ2) is 4.67. The first-order chi connectivity index (χ1) is 6.24. The molecule has 0 aliphatic heterocycles. The van der Waals surface area contributed by atoms with Gasteiger partial charge in [0, 0.05) is 18.8 Å². The van der Waals surface area contributed by atoms with Crippen LogP contribution < -0.4 is 5.73 Å². The maximum atomic E-state index is 11.5. The Labute approximate surface area is 77.2 Å². The molecule has 0 fully saturated rings.